The van der Waals surface area contributed by atoms with Gasteiger partial charge in [-0.05, 0) is 45.0 Å². The van der Waals surface area contributed by atoms with E-state index in [1.807, 2.05) is 0 Å². The molecule has 1 aliphatic heterocycles. The predicted octanol–water partition coefficient (Wildman–Crippen LogP) is 2.51. The van der Waals surface area contributed by atoms with Crippen LogP contribution in [0, 0.1) is 11.3 Å². The first-order valence-electron chi connectivity index (χ1n) is 16.3. The quantitative estimate of drug-likeness (QED) is 0.294. The molecule has 2 aliphatic carbocycles. The highest BCUT2D eigenvalue weighted by Gasteiger charge is 2.89. The zero-order valence-corrected chi connectivity index (χ0v) is 29.3. The molecule has 0 radical (unpaired) electrons. The van der Waals surface area contributed by atoms with Gasteiger partial charge in [-0.25, -0.2) is 9.59 Å². The second kappa shape index (κ2) is 13.7. The van der Waals surface area contributed by atoms with Crippen molar-refractivity contribution in [2.24, 2.45) is 11.3 Å². The van der Waals surface area contributed by atoms with Gasteiger partial charge in [0, 0.05) is 46.5 Å². The van der Waals surface area contributed by atoms with Crippen LogP contribution in [0.2, 0.25) is 0 Å². The molecule has 3 aliphatic rings. The largest absolute Gasteiger partial charge is 0.461 e. The van der Waals surface area contributed by atoms with Gasteiger partial charge in [-0.15, -0.1) is 0 Å². The maximum atomic E-state index is 14.1. The molecule has 15 nitrogen and oxygen atoms in total. The molecule has 2 saturated carbocycles. The number of hydrogen-bond acceptors (Lipinski definition) is 15. The smallest absolute Gasteiger partial charge is 0.339 e. The van der Waals surface area contributed by atoms with Gasteiger partial charge in [-0.2, -0.15) is 0 Å². The molecule has 2 heterocycles. The van der Waals surface area contributed by atoms with Gasteiger partial charge in [-0.3, -0.25) is 24.2 Å². The lowest BCUT2D eigenvalue weighted by molar-refractivity contribution is -0.362. The van der Waals surface area contributed by atoms with Crippen molar-refractivity contribution < 1.29 is 67.0 Å². The Balaban J connectivity index is 1.89. The molecule has 0 amide bonds. The highest BCUT2D eigenvalue weighted by molar-refractivity contribution is 5.90. The van der Waals surface area contributed by atoms with Gasteiger partial charge in [0.15, 0.2) is 17.8 Å². The van der Waals surface area contributed by atoms with Crippen molar-refractivity contribution in [1.29, 1.82) is 0 Å². The average Bonchev–Trinajstić information content (AvgIpc) is 3.24. The van der Waals surface area contributed by atoms with Crippen molar-refractivity contribution >= 4 is 35.8 Å². The summed E-state index contributed by atoms with van der Waals surface area (Å²) in [5.41, 5.74) is -8.20. The fraction of sp³-hybridized carbons (Fsp3) is 0.528. The van der Waals surface area contributed by atoms with Crippen molar-refractivity contribution in [2.75, 3.05) is 6.61 Å². The molecule has 9 atom stereocenters. The number of rotatable bonds is 9. The van der Waals surface area contributed by atoms with Gasteiger partial charge < -0.3 is 38.3 Å². The SMILES string of the molecule is CC(=O)OC1CC(C)(O)C23OC(C)(C)C(C(OC(C)=O)C(OC(=O)c4ccccc4)C2(COC(=O)c2cccnc2)C1OC(C)=O)C3OC(C)=O. The van der Waals surface area contributed by atoms with E-state index in [2.05, 4.69) is 4.98 Å². The van der Waals surface area contributed by atoms with Crippen LogP contribution in [0.25, 0.3) is 0 Å². The number of pyridine rings is 1. The summed E-state index contributed by atoms with van der Waals surface area (Å²) in [6, 6.07) is 10.7. The Hall–Kier alpha value is -4.89. The summed E-state index contributed by atoms with van der Waals surface area (Å²) in [4.78, 5) is 83.2. The van der Waals surface area contributed by atoms with Crippen molar-refractivity contribution in [3.05, 3.63) is 66.0 Å². The molecule has 1 N–H and O–H groups in total. The van der Waals surface area contributed by atoms with E-state index in [1.165, 1.54) is 43.6 Å². The minimum absolute atomic E-state index is 0.00153. The Kier molecular flexibility index (Phi) is 10.0. The Morgan fingerprint density at radius 3 is 1.90 bits per heavy atom. The summed E-state index contributed by atoms with van der Waals surface area (Å²) in [6.07, 6.45) is -5.91. The van der Waals surface area contributed by atoms with Gasteiger partial charge in [0.25, 0.3) is 0 Å². The van der Waals surface area contributed by atoms with E-state index in [-0.39, 0.29) is 11.1 Å². The summed E-state index contributed by atoms with van der Waals surface area (Å²) in [5.74, 6) is -6.44. The Labute approximate surface area is 293 Å². The third-order valence-electron chi connectivity index (χ3n) is 9.84. The highest BCUT2D eigenvalue weighted by atomic mass is 16.7. The molecule has 1 aromatic carbocycles. The molecule has 3 fully saturated rings. The van der Waals surface area contributed by atoms with Gasteiger partial charge in [0.2, 0.25) is 0 Å². The number of hydrogen-bond donors (Lipinski definition) is 1. The summed E-state index contributed by atoms with van der Waals surface area (Å²) in [5, 5.41) is 12.7. The Bertz CT molecular complexity index is 1690. The number of carbonyl (C=O) groups excluding carboxylic acids is 6. The standard InChI is InChI=1S/C36H41NO14/c1-19(38)46-25-16-34(7,44)36-29(49-22(4)41)26(33(5,6)51-36)27(47-20(2)39)30(50-32(43)23-12-9-8-10-13-23)35(36,28(25)48-21(3)40)18-45-31(42)24-14-11-15-37-17-24/h8-15,17,25-30,44H,16,18H2,1-7H3. The van der Waals surface area contributed by atoms with Crippen molar-refractivity contribution in [2.45, 2.75) is 102 Å². The number of ether oxygens (including phenoxy) is 7. The van der Waals surface area contributed by atoms with Crippen LogP contribution in [0.4, 0.5) is 0 Å². The minimum atomic E-state index is -2.34. The third-order valence-corrected chi connectivity index (χ3v) is 9.84. The van der Waals surface area contributed by atoms with Gasteiger partial charge in [0.05, 0.1) is 28.2 Å². The fourth-order valence-electron chi connectivity index (χ4n) is 8.34. The Morgan fingerprint density at radius 1 is 0.745 bits per heavy atom. The van der Waals surface area contributed by atoms with E-state index < -0.39 is 107 Å². The molecule has 274 valence electrons. The third kappa shape index (κ3) is 6.44. The molecule has 1 saturated heterocycles. The fourth-order valence-corrected chi connectivity index (χ4v) is 8.34. The Morgan fingerprint density at radius 2 is 1.33 bits per heavy atom. The van der Waals surface area contributed by atoms with E-state index in [0.717, 1.165) is 27.7 Å². The van der Waals surface area contributed by atoms with Gasteiger partial charge in [-0.1, -0.05) is 18.2 Å². The lowest BCUT2D eigenvalue weighted by Gasteiger charge is -2.66. The van der Waals surface area contributed by atoms with E-state index in [1.54, 1.807) is 32.0 Å². The second-order valence-electron chi connectivity index (χ2n) is 13.8. The second-order valence-corrected chi connectivity index (χ2v) is 13.8. The molecule has 9 unspecified atom stereocenters. The van der Waals surface area contributed by atoms with Crippen LogP contribution < -0.4 is 0 Å². The van der Waals surface area contributed by atoms with Gasteiger partial charge in [0.1, 0.15) is 30.3 Å². The van der Waals surface area contributed by atoms with Crippen LogP contribution in [0.1, 0.15) is 75.6 Å². The van der Waals surface area contributed by atoms with Crippen molar-refractivity contribution in [3.63, 3.8) is 0 Å². The highest BCUT2D eigenvalue weighted by Crippen LogP contribution is 2.69. The summed E-state index contributed by atoms with van der Waals surface area (Å²) < 4.78 is 42.7. The molecule has 1 spiro atoms. The molecule has 1 aromatic heterocycles. The summed E-state index contributed by atoms with van der Waals surface area (Å²) >= 11 is 0. The maximum Gasteiger partial charge on any atom is 0.339 e. The van der Waals surface area contributed by atoms with Crippen LogP contribution in [0.3, 0.4) is 0 Å². The molecular formula is C36H41NO14. The van der Waals surface area contributed by atoms with Crippen LogP contribution in [0.15, 0.2) is 54.9 Å². The molecular weight excluding hydrogens is 670 g/mol. The zero-order valence-electron chi connectivity index (χ0n) is 29.3. The van der Waals surface area contributed by atoms with Crippen LogP contribution in [-0.2, 0) is 52.3 Å². The number of aromatic nitrogens is 1. The first kappa shape index (κ1) is 37.4. The molecule has 15 heteroatoms. The van der Waals surface area contributed by atoms with E-state index in [0.29, 0.717) is 0 Å². The number of aliphatic hydroxyl groups is 1. The summed E-state index contributed by atoms with van der Waals surface area (Å²) in [6.45, 7) is 8.05. The number of fused-ring (bicyclic) bond motifs is 1. The van der Waals surface area contributed by atoms with Crippen LogP contribution in [0.5, 0.6) is 0 Å². The van der Waals surface area contributed by atoms with Crippen LogP contribution in [-0.4, -0.2) is 99.8 Å². The monoisotopic (exact) mass is 711 g/mol. The maximum absolute atomic E-state index is 14.1. The van der Waals surface area contributed by atoms with Gasteiger partial charge >= 0.3 is 35.8 Å². The lowest BCUT2D eigenvalue weighted by Crippen LogP contribution is -2.85. The van der Waals surface area contributed by atoms with E-state index in [9.17, 15) is 33.9 Å². The van der Waals surface area contributed by atoms with Crippen LogP contribution >= 0.6 is 0 Å². The normalized spacial score (nSPS) is 33.1. The first-order valence-corrected chi connectivity index (χ1v) is 16.3. The van der Waals surface area contributed by atoms with E-state index in [4.69, 9.17) is 33.2 Å². The zero-order chi connectivity index (χ0) is 37.5. The minimum Gasteiger partial charge on any atom is -0.461 e. The molecule has 2 aromatic rings. The lowest BCUT2D eigenvalue weighted by atomic mass is 9.45. The number of esters is 6. The molecule has 51 heavy (non-hydrogen) atoms. The number of nitrogens with zero attached hydrogens (tertiary/aromatic N) is 1. The van der Waals surface area contributed by atoms with Crippen molar-refractivity contribution in [3.8, 4) is 0 Å². The predicted molar refractivity (Wildman–Crippen MR) is 171 cm³/mol. The summed E-state index contributed by atoms with van der Waals surface area (Å²) in [7, 11) is 0. The van der Waals surface area contributed by atoms with Crippen molar-refractivity contribution in [1.82, 2.24) is 4.98 Å². The number of benzene rings is 1. The topological polar surface area (TPSA) is 200 Å². The molecule has 2 bridgehead atoms. The molecule has 5 rings (SSSR count). The van der Waals surface area contributed by atoms with E-state index >= 15 is 0 Å². The first-order chi connectivity index (χ1) is 23.9. The number of carbonyl (C=O) groups is 6. The average molecular weight is 712 g/mol.